The molecule has 3 rings (SSSR count). The molecule has 0 bridgehead atoms. The number of likely N-dealkylation sites (tertiary alicyclic amines) is 1. The molecule has 2 unspecified atom stereocenters. The van der Waals surface area contributed by atoms with Crippen LogP contribution in [0.15, 0.2) is 23.3 Å². The molecule has 2 atom stereocenters. The number of fused-ring (bicyclic) bond motifs is 1. The van der Waals surface area contributed by atoms with Crippen molar-refractivity contribution in [2.45, 2.75) is 45.1 Å². The Morgan fingerprint density at radius 3 is 2.83 bits per heavy atom. The fourth-order valence-corrected chi connectivity index (χ4v) is 3.79. The summed E-state index contributed by atoms with van der Waals surface area (Å²) in [6.45, 7) is 7.29. The molecule has 2 saturated heterocycles. The molecule has 2 nitrogen and oxygen atoms in total. The van der Waals surface area contributed by atoms with Crippen molar-refractivity contribution in [1.82, 2.24) is 10.2 Å². The van der Waals surface area contributed by atoms with Crippen LogP contribution in [-0.2, 0) is 0 Å². The van der Waals surface area contributed by atoms with Crippen molar-refractivity contribution < 1.29 is 0 Å². The first-order chi connectivity index (χ1) is 8.86. The van der Waals surface area contributed by atoms with Gasteiger partial charge in [-0.1, -0.05) is 30.2 Å². The van der Waals surface area contributed by atoms with Crippen LogP contribution in [0.2, 0.25) is 0 Å². The zero-order chi connectivity index (χ0) is 12.4. The van der Waals surface area contributed by atoms with Crippen LogP contribution < -0.4 is 5.32 Å². The van der Waals surface area contributed by atoms with Crippen LogP contribution in [0.5, 0.6) is 0 Å². The summed E-state index contributed by atoms with van der Waals surface area (Å²) in [4.78, 5) is 2.75. The Morgan fingerprint density at radius 2 is 2.06 bits per heavy atom. The Hall–Kier alpha value is -0.600. The van der Waals surface area contributed by atoms with E-state index in [0.29, 0.717) is 0 Å². The van der Waals surface area contributed by atoms with Gasteiger partial charge in [-0.2, -0.15) is 0 Å². The standard InChI is InChI=1S/C16H26N2/c1-2-13-3-5-14(6-4-13)12-18-10-8-15-11-17-9-7-16(15)18/h3,5,15-17H,2,4,6-12H2,1H3. The van der Waals surface area contributed by atoms with Gasteiger partial charge in [-0.3, -0.25) is 4.90 Å². The van der Waals surface area contributed by atoms with Crippen LogP contribution in [0, 0.1) is 5.92 Å². The van der Waals surface area contributed by atoms with Crippen molar-refractivity contribution >= 4 is 0 Å². The Morgan fingerprint density at radius 1 is 1.22 bits per heavy atom. The molecule has 0 radical (unpaired) electrons. The number of piperidine rings is 1. The van der Waals surface area contributed by atoms with E-state index in [-0.39, 0.29) is 0 Å². The van der Waals surface area contributed by atoms with Gasteiger partial charge >= 0.3 is 0 Å². The molecule has 0 aromatic heterocycles. The smallest absolute Gasteiger partial charge is 0.0199 e. The lowest BCUT2D eigenvalue weighted by atomic mass is 9.93. The maximum atomic E-state index is 3.54. The van der Waals surface area contributed by atoms with Crippen LogP contribution in [-0.4, -0.2) is 37.1 Å². The van der Waals surface area contributed by atoms with Crippen molar-refractivity contribution in [2.75, 3.05) is 26.2 Å². The molecule has 100 valence electrons. The van der Waals surface area contributed by atoms with Crippen LogP contribution in [0.4, 0.5) is 0 Å². The van der Waals surface area contributed by atoms with Gasteiger partial charge in [-0.05, 0) is 57.7 Å². The molecule has 2 aliphatic heterocycles. The Labute approximate surface area is 111 Å². The van der Waals surface area contributed by atoms with E-state index < -0.39 is 0 Å². The summed E-state index contributed by atoms with van der Waals surface area (Å²) in [5.41, 5.74) is 3.28. The first-order valence-corrected chi connectivity index (χ1v) is 7.69. The lowest BCUT2D eigenvalue weighted by Crippen LogP contribution is -2.44. The molecule has 18 heavy (non-hydrogen) atoms. The average molecular weight is 246 g/mol. The maximum absolute atomic E-state index is 3.54. The van der Waals surface area contributed by atoms with Crippen molar-refractivity contribution in [3.8, 4) is 0 Å². The van der Waals surface area contributed by atoms with E-state index in [1.54, 1.807) is 11.1 Å². The summed E-state index contributed by atoms with van der Waals surface area (Å²) in [6, 6.07) is 0.865. The highest BCUT2D eigenvalue weighted by molar-refractivity contribution is 5.25. The van der Waals surface area contributed by atoms with Crippen LogP contribution >= 0.6 is 0 Å². The molecule has 2 heteroatoms. The summed E-state index contributed by atoms with van der Waals surface area (Å²) in [7, 11) is 0. The number of allylic oxidation sites excluding steroid dienone is 3. The third kappa shape index (κ3) is 2.55. The molecule has 1 N–H and O–H groups in total. The number of rotatable bonds is 3. The van der Waals surface area contributed by atoms with Gasteiger partial charge in [0, 0.05) is 12.6 Å². The first kappa shape index (κ1) is 12.4. The number of nitrogens with zero attached hydrogens (tertiary/aromatic N) is 1. The minimum absolute atomic E-state index is 0.865. The fourth-order valence-electron chi connectivity index (χ4n) is 3.79. The molecule has 0 saturated carbocycles. The van der Waals surface area contributed by atoms with Gasteiger partial charge in [-0.15, -0.1) is 0 Å². The number of hydrogen-bond acceptors (Lipinski definition) is 2. The molecule has 2 heterocycles. The van der Waals surface area contributed by atoms with Crippen LogP contribution in [0.1, 0.15) is 39.0 Å². The highest BCUT2D eigenvalue weighted by atomic mass is 15.2. The summed E-state index contributed by atoms with van der Waals surface area (Å²) < 4.78 is 0. The monoisotopic (exact) mass is 246 g/mol. The van der Waals surface area contributed by atoms with E-state index in [2.05, 4.69) is 29.3 Å². The summed E-state index contributed by atoms with van der Waals surface area (Å²) >= 11 is 0. The largest absolute Gasteiger partial charge is 0.316 e. The lowest BCUT2D eigenvalue weighted by Gasteiger charge is -2.33. The van der Waals surface area contributed by atoms with Gasteiger partial charge in [0.1, 0.15) is 0 Å². The third-order valence-electron chi connectivity index (χ3n) is 5.01. The van der Waals surface area contributed by atoms with Gasteiger partial charge < -0.3 is 5.32 Å². The second-order valence-electron chi connectivity index (χ2n) is 6.08. The predicted octanol–water partition coefficient (Wildman–Crippen LogP) is 2.73. The van der Waals surface area contributed by atoms with E-state index in [9.17, 15) is 0 Å². The number of nitrogens with one attached hydrogen (secondary N) is 1. The molecule has 2 fully saturated rings. The molecule has 0 amide bonds. The predicted molar refractivity (Wildman–Crippen MR) is 76.6 cm³/mol. The lowest BCUT2D eigenvalue weighted by molar-refractivity contribution is 0.203. The molecular weight excluding hydrogens is 220 g/mol. The van der Waals surface area contributed by atoms with E-state index in [4.69, 9.17) is 0 Å². The summed E-state index contributed by atoms with van der Waals surface area (Å²) in [5, 5.41) is 3.54. The average Bonchev–Trinajstić information content (AvgIpc) is 2.83. The summed E-state index contributed by atoms with van der Waals surface area (Å²) in [6.07, 6.45) is 11.3. The minimum Gasteiger partial charge on any atom is -0.316 e. The number of hydrogen-bond donors (Lipinski definition) is 1. The topological polar surface area (TPSA) is 15.3 Å². The normalized spacial score (nSPS) is 32.9. The Kier molecular flexibility index (Phi) is 3.86. The van der Waals surface area contributed by atoms with Gasteiger partial charge in [0.05, 0.1) is 0 Å². The second-order valence-corrected chi connectivity index (χ2v) is 6.08. The van der Waals surface area contributed by atoms with Gasteiger partial charge in [0.25, 0.3) is 0 Å². The molecule has 0 spiro atoms. The molecule has 0 aromatic rings. The molecule has 3 aliphatic rings. The van der Waals surface area contributed by atoms with E-state index >= 15 is 0 Å². The molecule has 0 aromatic carbocycles. The summed E-state index contributed by atoms with van der Waals surface area (Å²) in [5.74, 6) is 0.921. The molecular formula is C16H26N2. The van der Waals surface area contributed by atoms with Gasteiger partial charge in [0.2, 0.25) is 0 Å². The van der Waals surface area contributed by atoms with Crippen molar-refractivity contribution in [2.24, 2.45) is 5.92 Å². The van der Waals surface area contributed by atoms with E-state index in [1.165, 1.54) is 58.3 Å². The zero-order valence-corrected chi connectivity index (χ0v) is 11.6. The Balaban J connectivity index is 1.60. The van der Waals surface area contributed by atoms with Crippen LogP contribution in [0.25, 0.3) is 0 Å². The van der Waals surface area contributed by atoms with Crippen LogP contribution in [0.3, 0.4) is 0 Å². The Bertz CT molecular complexity index is 356. The van der Waals surface area contributed by atoms with E-state index in [1.807, 2.05) is 0 Å². The van der Waals surface area contributed by atoms with Crippen molar-refractivity contribution in [3.63, 3.8) is 0 Å². The second kappa shape index (κ2) is 5.58. The van der Waals surface area contributed by atoms with E-state index in [0.717, 1.165) is 12.0 Å². The van der Waals surface area contributed by atoms with Gasteiger partial charge in [0.15, 0.2) is 0 Å². The quantitative estimate of drug-likeness (QED) is 0.823. The maximum Gasteiger partial charge on any atom is 0.0199 e. The third-order valence-corrected chi connectivity index (χ3v) is 5.01. The highest BCUT2D eigenvalue weighted by Gasteiger charge is 2.35. The fraction of sp³-hybridized carbons (Fsp3) is 0.750. The first-order valence-electron chi connectivity index (χ1n) is 7.69. The van der Waals surface area contributed by atoms with Crippen molar-refractivity contribution in [1.29, 1.82) is 0 Å². The zero-order valence-electron chi connectivity index (χ0n) is 11.6. The van der Waals surface area contributed by atoms with Crippen molar-refractivity contribution in [3.05, 3.63) is 23.3 Å². The highest BCUT2D eigenvalue weighted by Crippen LogP contribution is 2.30. The molecule has 1 aliphatic carbocycles. The van der Waals surface area contributed by atoms with Gasteiger partial charge in [-0.25, -0.2) is 0 Å². The minimum atomic E-state index is 0.865. The SMILES string of the molecule is CCC1=CC=C(CN2CCC3CNCCC32)CC1.